The van der Waals surface area contributed by atoms with E-state index in [1.54, 1.807) is 0 Å². The summed E-state index contributed by atoms with van der Waals surface area (Å²) in [4.78, 5) is 4.27. The minimum Gasteiger partial charge on any atom is -0.330 e. The number of rotatable bonds is 6. The average Bonchev–Trinajstić information content (AvgIpc) is 3.20. The molecule has 0 radical (unpaired) electrons. The first-order valence-corrected chi connectivity index (χ1v) is 6.93. The van der Waals surface area contributed by atoms with Gasteiger partial charge in [-0.3, -0.25) is 0 Å². The number of imidazole rings is 1. The lowest BCUT2D eigenvalue weighted by molar-refractivity contribution is 0.336. The second-order valence-electron chi connectivity index (χ2n) is 6.14. The minimum atomic E-state index is 0.602. The molecule has 2 fully saturated rings. The lowest BCUT2D eigenvalue weighted by Gasteiger charge is -2.20. The van der Waals surface area contributed by atoms with E-state index in [1.165, 1.54) is 37.9 Å². The highest BCUT2D eigenvalue weighted by Gasteiger charge is 2.44. The van der Waals surface area contributed by atoms with Crippen LogP contribution < -0.4 is 5.32 Å². The predicted molar refractivity (Wildman–Crippen MR) is 68.7 cm³/mol. The molecule has 0 spiro atoms. The maximum Gasteiger partial charge on any atom is 0.0951 e. The summed E-state index contributed by atoms with van der Waals surface area (Å²) in [7, 11) is 0. The summed E-state index contributed by atoms with van der Waals surface area (Å²) in [6.45, 7) is 6.84. The minimum absolute atomic E-state index is 0.602. The summed E-state index contributed by atoms with van der Waals surface area (Å²) in [5, 5.41) is 3.63. The smallest absolute Gasteiger partial charge is 0.0951 e. The van der Waals surface area contributed by atoms with Crippen LogP contribution in [-0.2, 0) is 6.54 Å². The maximum absolute atomic E-state index is 4.27. The van der Waals surface area contributed by atoms with Crippen molar-refractivity contribution >= 4 is 0 Å². The van der Waals surface area contributed by atoms with Crippen molar-refractivity contribution in [2.45, 2.75) is 52.1 Å². The van der Waals surface area contributed by atoms with E-state index in [1.807, 2.05) is 12.5 Å². The van der Waals surface area contributed by atoms with Crippen molar-refractivity contribution in [1.29, 1.82) is 0 Å². The van der Waals surface area contributed by atoms with Crippen LogP contribution in [0.25, 0.3) is 0 Å². The molecule has 0 saturated heterocycles. The summed E-state index contributed by atoms with van der Waals surface area (Å²) in [5.41, 5.74) is 1.96. The van der Waals surface area contributed by atoms with Crippen LogP contribution in [0.3, 0.4) is 0 Å². The van der Waals surface area contributed by atoms with Gasteiger partial charge in [-0.2, -0.15) is 0 Å². The van der Waals surface area contributed by atoms with E-state index in [0.717, 1.165) is 18.5 Å². The zero-order chi connectivity index (χ0) is 11.9. The van der Waals surface area contributed by atoms with Gasteiger partial charge in [-0.05, 0) is 37.0 Å². The topological polar surface area (TPSA) is 29.9 Å². The number of hydrogen-bond acceptors (Lipinski definition) is 2. The van der Waals surface area contributed by atoms with Gasteiger partial charge in [0.2, 0.25) is 0 Å². The summed E-state index contributed by atoms with van der Waals surface area (Å²) < 4.78 is 2.35. The Morgan fingerprint density at radius 3 is 2.82 bits per heavy atom. The molecule has 0 amide bonds. The normalized spacial score (nSPS) is 22.1. The summed E-state index contributed by atoms with van der Waals surface area (Å²) in [6, 6.07) is 0.745. The van der Waals surface area contributed by atoms with Crippen LogP contribution in [0.15, 0.2) is 12.5 Å². The van der Waals surface area contributed by atoms with Crippen molar-refractivity contribution in [3.05, 3.63) is 18.2 Å². The van der Waals surface area contributed by atoms with E-state index < -0.39 is 0 Å². The van der Waals surface area contributed by atoms with Gasteiger partial charge >= 0.3 is 0 Å². The summed E-state index contributed by atoms with van der Waals surface area (Å²) in [5.74, 6) is 0.809. The van der Waals surface area contributed by atoms with E-state index in [-0.39, 0.29) is 0 Å². The third kappa shape index (κ3) is 2.25. The molecule has 0 aliphatic heterocycles. The van der Waals surface area contributed by atoms with Gasteiger partial charge in [-0.25, -0.2) is 4.98 Å². The third-order valence-electron chi connectivity index (χ3n) is 4.59. The van der Waals surface area contributed by atoms with E-state index in [9.17, 15) is 0 Å². The van der Waals surface area contributed by atoms with E-state index in [0.29, 0.717) is 5.41 Å². The molecule has 1 N–H and O–H groups in total. The van der Waals surface area contributed by atoms with Crippen molar-refractivity contribution in [2.75, 3.05) is 6.54 Å². The number of aromatic nitrogens is 2. The van der Waals surface area contributed by atoms with Crippen LogP contribution in [0.1, 0.15) is 51.3 Å². The fourth-order valence-electron chi connectivity index (χ4n) is 2.71. The lowest BCUT2D eigenvalue weighted by atomic mass is 9.92. The lowest BCUT2D eigenvalue weighted by Crippen LogP contribution is -2.27. The average molecular weight is 233 g/mol. The van der Waals surface area contributed by atoms with E-state index in [4.69, 9.17) is 0 Å². The monoisotopic (exact) mass is 233 g/mol. The molecule has 1 heterocycles. The Morgan fingerprint density at radius 2 is 2.24 bits per heavy atom. The van der Waals surface area contributed by atoms with E-state index >= 15 is 0 Å². The van der Waals surface area contributed by atoms with Crippen molar-refractivity contribution in [3.63, 3.8) is 0 Å². The highest BCUT2D eigenvalue weighted by molar-refractivity contribution is 5.04. The van der Waals surface area contributed by atoms with Gasteiger partial charge in [-0.15, -0.1) is 0 Å². The molecule has 2 aliphatic carbocycles. The first-order chi connectivity index (χ1) is 8.21. The highest BCUT2D eigenvalue weighted by Crippen LogP contribution is 2.51. The Labute approximate surface area is 104 Å². The fourth-order valence-corrected chi connectivity index (χ4v) is 2.71. The molecule has 3 nitrogen and oxygen atoms in total. The van der Waals surface area contributed by atoms with Crippen molar-refractivity contribution in [1.82, 2.24) is 14.9 Å². The van der Waals surface area contributed by atoms with Gasteiger partial charge in [0.25, 0.3) is 0 Å². The third-order valence-corrected chi connectivity index (χ3v) is 4.59. The van der Waals surface area contributed by atoms with Gasteiger partial charge in [0.05, 0.1) is 12.0 Å². The second kappa shape index (κ2) is 4.13. The SMILES string of the molecule is CC(C)C1(CNCc2cncn2C2CC2)CC1. The Bertz CT molecular complexity index is 386. The zero-order valence-electron chi connectivity index (χ0n) is 10.9. The molecule has 0 aromatic carbocycles. The van der Waals surface area contributed by atoms with Crippen LogP contribution in [0.4, 0.5) is 0 Å². The van der Waals surface area contributed by atoms with E-state index in [2.05, 4.69) is 28.7 Å². The van der Waals surface area contributed by atoms with Crippen LogP contribution in [0, 0.1) is 11.3 Å². The molecule has 2 aliphatic rings. The number of hydrogen-bond donors (Lipinski definition) is 1. The molecule has 0 atom stereocenters. The molecule has 94 valence electrons. The van der Waals surface area contributed by atoms with Crippen LogP contribution in [0.2, 0.25) is 0 Å². The number of nitrogens with one attached hydrogen (secondary N) is 1. The standard InChI is InChI=1S/C14H23N3/c1-11(2)14(5-6-14)9-15-7-13-8-16-10-17(13)12-3-4-12/h8,10-12,15H,3-7,9H2,1-2H3. The molecule has 1 aromatic heterocycles. The molecule has 0 unspecified atom stereocenters. The van der Waals surface area contributed by atoms with Crippen LogP contribution >= 0.6 is 0 Å². The van der Waals surface area contributed by atoms with Crippen molar-refractivity contribution in [2.24, 2.45) is 11.3 Å². The quantitative estimate of drug-likeness (QED) is 0.818. The first kappa shape index (κ1) is 11.3. The molecule has 3 heteroatoms. The molecular weight excluding hydrogens is 210 g/mol. The van der Waals surface area contributed by atoms with Gasteiger partial charge in [0.15, 0.2) is 0 Å². The molecule has 0 bridgehead atoms. The Kier molecular flexibility index (Phi) is 2.74. The van der Waals surface area contributed by atoms with Crippen molar-refractivity contribution in [3.8, 4) is 0 Å². The number of nitrogens with zero attached hydrogens (tertiary/aromatic N) is 2. The maximum atomic E-state index is 4.27. The van der Waals surface area contributed by atoms with Gasteiger partial charge < -0.3 is 9.88 Å². The first-order valence-electron chi connectivity index (χ1n) is 6.93. The predicted octanol–water partition coefficient (Wildman–Crippen LogP) is 2.74. The van der Waals surface area contributed by atoms with Crippen LogP contribution in [0.5, 0.6) is 0 Å². The Hall–Kier alpha value is -0.830. The second-order valence-corrected chi connectivity index (χ2v) is 6.14. The fraction of sp³-hybridized carbons (Fsp3) is 0.786. The van der Waals surface area contributed by atoms with Gasteiger partial charge in [0.1, 0.15) is 0 Å². The van der Waals surface area contributed by atoms with Gasteiger partial charge in [0, 0.05) is 25.3 Å². The molecule has 3 rings (SSSR count). The highest BCUT2D eigenvalue weighted by atomic mass is 15.1. The molecular formula is C14H23N3. The Balaban J connectivity index is 1.52. The Morgan fingerprint density at radius 1 is 1.47 bits per heavy atom. The summed E-state index contributed by atoms with van der Waals surface area (Å²) in [6.07, 6.45) is 9.47. The van der Waals surface area contributed by atoms with Crippen LogP contribution in [-0.4, -0.2) is 16.1 Å². The molecule has 2 saturated carbocycles. The van der Waals surface area contributed by atoms with Gasteiger partial charge in [-0.1, -0.05) is 13.8 Å². The van der Waals surface area contributed by atoms with Crippen molar-refractivity contribution < 1.29 is 0 Å². The molecule has 1 aromatic rings. The molecule has 17 heavy (non-hydrogen) atoms. The largest absolute Gasteiger partial charge is 0.330 e. The zero-order valence-corrected chi connectivity index (χ0v) is 10.9. The summed E-state index contributed by atoms with van der Waals surface area (Å²) >= 11 is 0.